The molecule has 1 aromatic carbocycles. The third-order valence-corrected chi connectivity index (χ3v) is 5.57. The van der Waals surface area contributed by atoms with Gasteiger partial charge in [0.2, 0.25) is 0 Å². The minimum absolute atomic E-state index is 0.381. The monoisotopic (exact) mass is 287 g/mol. The van der Waals surface area contributed by atoms with Crippen LogP contribution < -0.4 is 0 Å². The lowest BCUT2D eigenvalue weighted by Gasteiger charge is -2.22. The summed E-state index contributed by atoms with van der Waals surface area (Å²) in [5, 5.41) is 13.5. The third-order valence-electron chi connectivity index (χ3n) is 4.12. The molecule has 0 radical (unpaired) electrons. The summed E-state index contributed by atoms with van der Waals surface area (Å²) in [6.07, 6.45) is 10.0. The number of fused-ring (bicyclic) bond motifs is 1. The van der Waals surface area contributed by atoms with Crippen molar-refractivity contribution in [2.24, 2.45) is 0 Å². The maximum absolute atomic E-state index is 10.5. The molecule has 106 valence electrons. The molecule has 1 fully saturated rings. The van der Waals surface area contributed by atoms with Crippen LogP contribution in [0.1, 0.15) is 43.8 Å². The van der Waals surface area contributed by atoms with Crippen LogP contribution in [-0.2, 0) is 0 Å². The summed E-state index contributed by atoms with van der Waals surface area (Å²) in [5.74, 6) is 0.798. The van der Waals surface area contributed by atoms with Gasteiger partial charge in [0.1, 0.15) is 0 Å². The number of hydrogen-bond donors (Lipinski definition) is 1. The number of aliphatic hydroxyl groups is 1. The van der Waals surface area contributed by atoms with E-state index < -0.39 is 0 Å². The van der Waals surface area contributed by atoms with Crippen molar-refractivity contribution in [3.63, 3.8) is 0 Å². The maximum atomic E-state index is 10.5. The Hall–Kier alpha value is -1.06. The quantitative estimate of drug-likeness (QED) is 0.908. The normalized spacial score (nSPS) is 18.2. The predicted molar refractivity (Wildman–Crippen MR) is 86.0 cm³/mol. The summed E-state index contributed by atoms with van der Waals surface area (Å²) in [6, 6.07) is 8.09. The Morgan fingerprint density at radius 1 is 1.20 bits per heavy atom. The minimum atomic E-state index is -0.381. The van der Waals surface area contributed by atoms with Crippen molar-refractivity contribution in [2.75, 3.05) is 5.75 Å². The van der Waals surface area contributed by atoms with Crippen molar-refractivity contribution in [1.82, 2.24) is 4.98 Å². The number of nitrogens with zero attached hydrogens (tertiary/aromatic N) is 1. The van der Waals surface area contributed by atoms with E-state index >= 15 is 0 Å². The highest BCUT2D eigenvalue weighted by atomic mass is 32.2. The second kappa shape index (κ2) is 6.59. The van der Waals surface area contributed by atoms with Crippen LogP contribution in [0, 0.1) is 0 Å². The van der Waals surface area contributed by atoms with E-state index in [1.165, 1.54) is 32.1 Å². The third kappa shape index (κ3) is 3.15. The molecule has 0 bridgehead atoms. The van der Waals surface area contributed by atoms with Crippen molar-refractivity contribution < 1.29 is 5.11 Å². The highest BCUT2D eigenvalue weighted by Crippen LogP contribution is 2.32. The summed E-state index contributed by atoms with van der Waals surface area (Å²) in [7, 11) is 0. The van der Waals surface area contributed by atoms with Gasteiger partial charge in [0, 0.05) is 28.8 Å². The lowest BCUT2D eigenvalue weighted by atomic mass is 10.0. The van der Waals surface area contributed by atoms with Gasteiger partial charge < -0.3 is 5.11 Å². The van der Waals surface area contributed by atoms with Crippen LogP contribution in [0.5, 0.6) is 0 Å². The van der Waals surface area contributed by atoms with Crippen LogP contribution in [0.4, 0.5) is 0 Å². The molecule has 1 saturated carbocycles. The molecule has 20 heavy (non-hydrogen) atoms. The molecule has 3 heteroatoms. The molecule has 0 amide bonds. The Labute approximate surface area is 124 Å². The predicted octanol–water partition coefficient (Wildman–Crippen LogP) is 4.33. The maximum Gasteiger partial charge on any atom is 0.0886 e. The van der Waals surface area contributed by atoms with E-state index in [1.807, 2.05) is 42.2 Å². The lowest BCUT2D eigenvalue weighted by Crippen LogP contribution is -2.11. The first-order valence-electron chi connectivity index (χ1n) is 7.47. The van der Waals surface area contributed by atoms with Crippen LogP contribution in [0.2, 0.25) is 0 Å². The number of pyridine rings is 1. The second-order valence-electron chi connectivity index (χ2n) is 5.55. The fourth-order valence-electron chi connectivity index (χ4n) is 2.99. The topological polar surface area (TPSA) is 33.1 Å². The van der Waals surface area contributed by atoms with E-state index in [-0.39, 0.29) is 6.10 Å². The molecule has 3 rings (SSSR count). The molecule has 2 aromatic rings. The second-order valence-corrected chi connectivity index (χ2v) is 6.89. The van der Waals surface area contributed by atoms with E-state index in [1.54, 1.807) is 6.20 Å². The summed E-state index contributed by atoms with van der Waals surface area (Å²) in [5.41, 5.74) is 1.04. The van der Waals surface area contributed by atoms with Crippen molar-refractivity contribution in [3.05, 3.63) is 42.2 Å². The minimum Gasteiger partial charge on any atom is -0.388 e. The number of benzene rings is 1. The Balaban J connectivity index is 1.70. The average Bonchev–Trinajstić information content (AvgIpc) is 2.53. The van der Waals surface area contributed by atoms with E-state index in [9.17, 15) is 5.11 Å². The summed E-state index contributed by atoms with van der Waals surface area (Å²) < 4.78 is 0. The van der Waals surface area contributed by atoms with Gasteiger partial charge in [-0.15, -0.1) is 0 Å². The molecule has 1 heterocycles. The fourth-order valence-corrected chi connectivity index (χ4v) is 4.29. The summed E-state index contributed by atoms with van der Waals surface area (Å²) in [4.78, 5) is 4.15. The van der Waals surface area contributed by atoms with Crippen LogP contribution in [0.15, 0.2) is 36.7 Å². The molecule has 0 spiro atoms. The molecule has 1 aliphatic rings. The first kappa shape index (κ1) is 13.9. The van der Waals surface area contributed by atoms with Crippen LogP contribution in [0.3, 0.4) is 0 Å². The number of thioether (sulfide) groups is 1. The molecule has 0 saturated heterocycles. The molecule has 1 unspecified atom stereocenters. The van der Waals surface area contributed by atoms with E-state index in [0.717, 1.165) is 27.3 Å². The van der Waals surface area contributed by atoms with Crippen molar-refractivity contribution in [1.29, 1.82) is 0 Å². The van der Waals surface area contributed by atoms with Gasteiger partial charge in [-0.05, 0) is 29.9 Å². The standard InChI is InChI=1S/C17H21NOS/c19-17(12-20-14-6-2-1-3-7-14)16-8-4-5-13-11-18-10-9-15(13)16/h4-5,8-11,14,17,19H,1-3,6-7,12H2. The van der Waals surface area contributed by atoms with E-state index in [2.05, 4.69) is 4.98 Å². The molecule has 1 atom stereocenters. The largest absolute Gasteiger partial charge is 0.388 e. The molecule has 1 N–H and O–H groups in total. The zero-order chi connectivity index (χ0) is 13.8. The lowest BCUT2D eigenvalue weighted by molar-refractivity contribution is 0.205. The van der Waals surface area contributed by atoms with Crippen molar-refractivity contribution in [3.8, 4) is 0 Å². The first-order valence-corrected chi connectivity index (χ1v) is 8.52. The van der Waals surface area contributed by atoms with Crippen molar-refractivity contribution >= 4 is 22.5 Å². The zero-order valence-corrected chi connectivity index (χ0v) is 12.5. The van der Waals surface area contributed by atoms with Crippen LogP contribution >= 0.6 is 11.8 Å². The van der Waals surface area contributed by atoms with Gasteiger partial charge in [-0.2, -0.15) is 11.8 Å². The number of aliphatic hydroxyl groups excluding tert-OH is 1. The van der Waals surface area contributed by atoms with Gasteiger partial charge in [0.15, 0.2) is 0 Å². The van der Waals surface area contributed by atoms with Crippen LogP contribution in [0.25, 0.3) is 10.8 Å². The number of aromatic nitrogens is 1. The first-order chi connectivity index (χ1) is 9.84. The molecular formula is C17H21NOS. The fraction of sp³-hybridized carbons (Fsp3) is 0.471. The van der Waals surface area contributed by atoms with Crippen LogP contribution in [-0.4, -0.2) is 21.1 Å². The van der Waals surface area contributed by atoms with E-state index in [0.29, 0.717) is 0 Å². The molecule has 1 aromatic heterocycles. The molecule has 1 aliphatic carbocycles. The summed E-state index contributed by atoms with van der Waals surface area (Å²) >= 11 is 1.94. The Bertz CT molecular complexity index is 560. The average molecular weight is 287 g/mol. The van der Waals surface area contributed by atoms with Gasteiger partial charge in [-0.1, -0.05) is 37.5 Å². The number of rotatable bonds is 4. The Kier molecular flexibility index (Phi) is 4.58. The summed E-state index contributed by atoms with van der Waals surface area (Å²) in [6.45, 7) is 0. The Morgan fingerprint density at radius 2 is 2.05 bits per heavy atom. The zero-order valence-electron chi connectivity index (χ0n) is 11.7. The van der Waals surface area contributed by atoms with Gasteiger partial charge in [-0.25, -0.2) is 0 Å². The van der Waals surface area contributed by atoms with Gasteiger partial charge in [0.05, 0.1) is 6.10 Å². The van der Waals surface area contributed by atoms with Gasteiger partial charge in [0.25, 0.3) is 0 Å². The van der Waals surface area contributed by atoms with Crippen molar-refractivity contribution in [2.45, 2.75) is 43.5 Å². The van der Waals surface area contributed by atoms with Gasteiger partial charge >= 0.3 is 0 Å². The van der Waals surface area contributed by atoms with Gasteiger partial charge in [-0.3, -0.25) is 4.98 Å². The highest BCUT2D eigenvalue weighted by Gasteiger charge is 2.17. The molecule has 2 nitrogen and oxygen atoms in total. The van der Waals surface area contributed by atoms with E-state index in [4.69, 9.17) is 0 Å². The highest BCUT2D eigenvalue weighted by molar-refractivity contribution is 7.99. The number of hydrogen-bond acceptors (Lipinski definition) is 3. The smallest absolute Gasteiger partial charge is 0.0886 e. The Morgan fingerprint density at radius 3 is 2.90 bits per heavy atom. The molecule has 0 aliphatic heterocycles. The molecular weight excluding hydrogens is 266 g/mol. The SMILES string of the molecule is OC(CSC1CCCCC1)c1cccc2cnccc12.